The molecule has 0 radical (unpaired) electrons. The summed E-state index contributed by atoms with van der Waals surface area (Å²) >= 11 is 0. The van der Waals surface area contributed by atoms with Gasteiger partial charge in [0.2, 0.25) is 0 Å². The van der Waals surface area contributed by atoms with Gasteiger partial charge in [0, 0.05) is 11.3 Å². The van der Waals surface area contributed by atoms with Crippen LogP contribution in [0.4, 0.5) is 4.79 Å². The zero-order valence-corrected chi connectivity index (χ0v) is 16.9. The average Bonchev–Trinajstić information content (AvgIpc) is 2.66. The summed E-state index contributed by atoms with van der Waals surface area (Å²) in [5.41, 5.74) is 1.72. The van der Waals surface area contributed by atoms with E-state index in [-0.39, 0.29) is 18.1 Å². The largest absolute Gasteiger partial charge is 0.493 e. The zero-order valence-electron chi connectivity index (χ0n) is 16.9. The Morgan fingerprint density at radius 2 is 2.04 bits per heavy atom. The Kier molecular flexibility index (Phi) is 6.60. The normalized spacial score (nSPS) is 25.0. The number of rotatable bonds is 6. The summed E-state index contributed by atoms with van der Waals surface area (Å²) in [4.78, 5) is 25.2. The Morgan fingerprint density at radius 1 is 1.25 bits per heavy atom. The van der Waals surface area contributed by atoms with Gasteiger partial charge in [0.1, 0.15) is 11.9 Å². The van der Waals surface area contributed by atoms with E-state index in [1.54, 1.807) is 6.92 Å². The molecule has 1 fully saturated rings. The maximum atomic E-state index is 13.1. The third kappa shape index (κ3) is 4.66. The fourth-order valence-electron chi connectivity index (χ4n) is 3.96. The molecule has 2 aliphatic rings. The van der Waals surface area contributed by atoms with Gasteiger partial charge < -0.3 is 20.1 Å². The molecule has 1 aromatic carbocycles. The van der Waals surface area contributed by atoms with Gasteiger partial charge in [-0.3, -0.25) is 0 Å². The number of hydrogen-bond donors (Lipinski definition) is 2. The lowest BCUT2D eigenvalue weighted by Crippen LogP contribution is -2.45. The van der Waals surface area contributed by atoms with Crippen molar-refractivity contribution in [2.24, 2.45) is 5.92 Å². The van der Waals surface area contributed by atoms with E-state index in [0.29, 0.717) is 29.5 Å². The van der Waals surface area contributed by atoms with Gasteiger partial charge in [-0.05, 0) is 44.6 Å². The molecule has 6 nitrogen and oxygen atoms in total. The van der Waals surface area contributed by atoms with Crippen LogP contribution in [0.1, 0.15) is 64.5 Å². The second-order valence-electron chi connectivity index (χ2n) is 7.76. The molecule has 1 aliphatic heterocycles. The molecule has 0 unspecified atom stereocenters. The molecule has 28 heavy (non-hydrogen) atoms. The van der Waals surface area contributed by atoms with E-state index < -0.39 is 6.04 Å². The van der Waals surface area contributed by atoms with Crippen molar-refractivity contribution in [2.75, 3.05) is 6.61 Å². The molecule has 1 aliphatic carbocycles. The van der Waals surface area contributed by atoms with Crippen LogP contribution in [0.2, 0.25) is 0 Å². The molecule has 2 N–H and O–H groups in total. The van der Waals surface area contributed by atoms with Crippen LogP contribution in [0.15, 0.2) is 35.5 Å². The average molecular weight is 386 g/mol. The molecule has 3 rings (SSSR count). The molecule has 3 atom stereocenters. The van der Waals surface area contributed by atoms with Crippen LogP contribution in [-0.2, 0) is 9.53 Å². The summed E-state index contributed by atoms with van der Waals surface area (Å²) in [6, 6.07) is 6.56. The molecule has 0 bridgehead atoms. The number of para-hydroxylation sites is 1. The lowest BCUT2D eigenvalue weighted by atomic mass is 9.88. The Morgan fingerprint density at radius 3 is 2.79 bits per heavy atom. The maximum absolute atomic E-state index is 13.1. The first-order valence-electron chi connectivity index (χ1n) is 10.2. The van der Waals surface area contributed by atoms with Crippen LogP contribution < -0.4 is 15.4 Å². The highest BCUT2D eigenvalue weighted by Crippen LogP contribution is 2.35. The van der Waals surface area contributed by atoms with Crippen molar-refractivity contribution in [2.45, 2.75) is 65.0 Å². The number of ether oxygens (including phenoxy) is 2. The quantitative estimate of drug-likeness (QED) is 0.718. The summed E-state index contributed by atoms with van der Waals surface area (Å²) in [6.07, 6.45) is 4.83. The van der Waals surface area contributed by atoms with Gasteiger partial charge in [0.05, 0.1) is 18.2 Å². The second kappa shape index (κ2) is 9.13. The van der Waals surface area contributed by atoms with E-state index in [1.165, 1.54) is 6.42 Å². The number of amides is 2. The molecule has 1 heterocycles. The predicted octanol–water partition coefficient (Wildman–Crippen LogP) is 4.23. The third-order valence-corrected chi connectivity index (χ3v) is 5.34. The van der Waals surface area contributed by atoms with Crippen LogP contribution in [-0.4, -0.2) is 24.7 Å². The minimum Gasteiger partial charge on any atom is -0.493 e. The van der Waals surface area contributed by atoms with E-state index in [0.717, 1.165) is 31.2 Å². The Balaban J connectivity index is 1.88. The van der Waals surface area contributed by atoms with Crippen LogP contribution in [0.3, 0.4) is 0 Å². The molecule has 1 aromatic rings. The summed E-state index contributed by atoms with van der Waals surface area (Å²) in [7, 11) is 0. The number of carbonyl (C=O) groups excluding carboxylic acids is 2. The van der Waals surface area contributed by atoms with E-state index >= 15 is 0 Å². The van der Waals surface area contributed by atoms with E-state index in [9.17, 15) is 9.59 Å². The predicted molar refractivity (Wildman–Crippen MR) is 107 cm³/mol. The standard InChI is InChI=1S/C22H30N2O4/c1-4-12-27-18-11-6-5-10-17(18)20-19(15(3)23-22(26)24-20)21(25)28-16-9-7-8-14(2)13-16/h5-6,10-11,14,16,20H,4,7-9,12-13H2,1-3H3,(H2,23,24,26)/t14-,16-,20+/m0/s1. The second-order valence-corrected chi connectivity index (χ2v) is 7.76. The zero-order chi connectivity index (χ0) is 20.1. The Labute approximate surface area is 166 Å². The van der Waals surface area contributed by atoms with Gasteiger partial charge >= 0.3 is 12.0 Å². The lowest BCUT2D eigenvalue weighted by Gasteiger charge is -2.31. The van der Waals surface area contributed by atoms with Gasteiger partial charge in [-0.2, -0.15) is 0 Å². The van der Waals surface area contributed by atoms with Crippen LogP contribution in [0, 0.1) is 5.92 Å². The number of benzene rings is 1. The number of allylic oxidation sites excluding steroid dienone is 1. The number of nitrogens with one attached hydrogen (secondary N) is 2. The van der Waals surface area contributed by atoms with E-state index in [1.807, 2.05) is 31.2 Å². The molecule has 1 saturated carbocycles. The first-order valence-corrected chi connectivity index (χ1v) is 10.2. The summed E-state index contributed by atoms with van der Waals surface area (Å²) in [5, 5.41) is 5.57. The van der Waals surface area contributed by atoms with Crippen molar-refractivity contribution in [1.82, 2.24) is 10.6 Å². The molecule has 152 valence electrons. The lowest BCUT2D eigenvalue weighted by molar-refractivity contribution is -0.146. The number of carbonyl (C=O) groups is 2. The first kappa shape index (κ1) is 20.2. The highest BCUT2D eigenvalue weighted by atomic mass is 16.5. The minimum atomic E-state index is -0.602. The molecule has 0 spiro atoms. The third-order valence-electron chi connectivity index (χ3n) is 5.34. The fraction of sp³-hybridized carbons (Fsp3) is 0.545. The Bertz CT molecular complexity index is 759. The number of urea groups is 1. The van der Waals surface area contributed by atoms with Crippen molar-refractivity contribution in [1.29, 1.82) is 0 Å². The van der Waals surface area contributed by atoms with E-state index in [2.05, 4.69) is 17.6 Å². The fourth-order valence-corrected chi connectivity index (χ4v) is 3.96. The van der Waals surface area contributed by atoms with Gasteiger partial charge in [0.15, 0.2) is 0 Å². The number of hydrogen-bond acceptors (Lipinski definition) is 4. The van der Waals surface area contributed by atoms with Crippen LogP contribution >= 0.6 is 0 Å². The molecule has 2 amide bonds. The van der Waals surface area contributed by atoms with Gasteiger partial charge in [-0.1, -0.05) is 38.5 Å². The van der Waals surface area contributed by atoms with Crippen molar-refractivity contribution in [3.05, 3.63) is 41.1 Å². The van der Waals surface area contributed by atoms with Crippen molar-refractivity contribution in [3.8, 4) is 5.75 Å². The monoisotopic (exact) mass is 386 g/mol. The molecule has 0 aromatic heterocycles. The first-order chi connectivity index (χ1) is 13.5. The highest BCUT2D eigenvalue weighted by Gasteiger charge is 2.35. The number of esters is 1. The van der Waals surface area contributed by atoms with Crippen molar-refractivity contribution >= 4 is 12.0 Å². The molecule has 6 heteroatoms. The topological polar surface area (TPSA) is 76.7 Å². The minimum absolute atomic E-state index is 0.0681. The molecule has 0 saturated heterocycles. The smallest absolute Gasteiger partial charge is 0.338 e. The SMILES string of the molecule is CCCOc1ccccc1[C@H]1NC(=O)NC(C)=C1C(=O)O[C@H]1CCC[C@H](C)C1. The highest BCUT2D eigenvalue weighted by molar-refractivity contribution is 5.95. The summed E-state index contributed by atoms with van der Waals surface area (Å²) in [6.45, 7) is 6.53. The summed E-state index contributed by atoms with van der Waals surface area (Å²) in [5.74, 6) is 0.852. The Hall–Kier alpha value is -2.50. The van der Waals surface area contributed by atoms with Crippen molar-refractivity contribution < 1.29 is 19.1 Å². The maximum Gasteiger partial charge on any atom is 0.338 e. The molecular weight excluding hydrogens is 356 g/mol. The van der Waals surface area contributed by atoms with Crippen LogP contribution in [0.5, 0.6) is 5.75 Å². The summed E-state index contributed by atoms with van der Waals surface area (Å²) < 4.78 is 11.7. The van der Waals surface area contributed by atoms with E-state index in [4.69, 9.17) is 9.47 Å². The van der Waals surface area contributed by atoms with Gasteiger partial charge in [0.25, 0.3) is 0 Å². The van der Waals surface area contributed by atoms with Crippen molar-refractivity contribution in [3.63, 3.8) is 0 Å². The van der Waals surface area contributed by atoms with Gasteiger partial charge in [-0.25, -0.2) is 9.59 Å². The molecular formula is C22H30N2O4. The van der Waals surface area contributed by atoms with Crippen LogP contribution in [0.25, 0.3) is 0 Å². The van der Waals surface area contributed by atoms with Gasteiger partial charge in [-0.15, -0.1) is 0 Å².